The Morgan fingerprint density at radius 3 is 3.00 bits per heavy atom. The maximum Gasteiger partial charge on any atom is 0.0766 e. The monoisotopic (exact) mass is 218 g/mol. The van der Waals surface area contributed by atoms with Crippen molar-refractivity contribution in [2.75, 3.05) is 37.3 Å². The first-order chi connectivity index (χ1) is 7.86. The molecule has 0 radical (unpaired) electrons. The molecule has 2 aliphatic heterocycles. The third kappa shape index (κ3) is 1.53. The third-order valence-corrected chi connectivity index (χ3v) is 3.60. The molecule has 1 aromatic heterocycles. The molecule has 1 saturated heterocycles. The van der Waals surface area contributed by atoms with Crippen molar-refractivity contribution in [3.05, 3.63) is 18.0 Å². The predicted octanol–water partition coefficient (Wildman–Crippen LogP) is 1.69. The highest BCUT2D eigenvalue weighted by atomic mass is 15.2. The molecule has 4 heteroatoms. The van der Waals surface area contributed by atoms with Gasteiger partial charge < -0.3 is 10.6 Å². The Bertz CT molecular complexity index is 391. The normalized spacial score (nSPS) is 24.7. The van der Waals surface area contributed by atoms with Crippen molar-refractivity contribution in [3.8, 4) is 0 Å². The number of aromatic nitrogens is 1. The van der Waals surface area contributed by atoms with Crippen LogP contribution in [0.3, 0.4) is 0 Å². The summed E-state index contributed by atoms with van der Waals surface area (Å²) in [5.74, 6) is 0. The van der Waals surface area contributed by atoms with E-state index in [4.69, 9.17) is 0 Å². The largest absolute Gasteiger partial charge is 0.381 e. The van der Waals surface area contributed by atoms with E-state index >= 15 is 0 Å². The van der Waals surface area contributed by atoms with Gasteiger partial charge in [-0.3, -0.25) is 9.88 Å². The van der Waals surface area contributed by atoms with Gasteiger partial charge in [-0.1, -0.05) is 0 Å². The number of hydrogen-bond acceptors (Lipinski definition) is 4. The van der Waals surface area contributed by atoms with Crippen molar-refractivity contribution in [2.45, 2.75) is 18.9 Å². The Morgan fingerprint density at radius 2 is 2.19 bits per heavy atom. The summed E-state index contributed by atoms with van der Waals surface area (Å²) in [5.41, 5.74) is 3.77. The summed E-state index contributed by atoms with van der Waals surface area (Å²) in [5, 5.41) is 6.90. The highest BCUT2D eigenvalue weighted by molar-refractivity contribution is 5.73. The summed E-state index contributed by atoms with van der Waals surface area (Å²) in [7, 11) is 2.20. The second kappa shape index (κ2) is 3.94. The van der Waals surface area contributed by atoms with Crippen molar-refractivity contribution >= 4 is 11.4 Å². The lowest BCUT2D eigenvalue weighted by atomic mass is 10.0. The van der Waals surface area contributed by atoms with E-state index in [1.54, 1.807) is 0 Å². The van der Waals surface area contributed by atoms with Crippen LogP contribution in [0.25, 0.3) is 0 Å². The lowest BCUT2D eigenvalue weighted by molar-refractivity contribution is 0.317. The zero-order valence-electron chi connectivity index (χ0n) is 9.66. The maximum absolute atomic E-state index is 4.35. The number of anilines is 2. The third-order valence-electron chi connectivity index (χ3n) is 3.60. The van der Waals surface area contributed by atoms with E-state index in [-0.39, 0.29) is 0 Å². The molecule has 0 spiro atoms. The van der Waals surface area contributed by atoms with Crippen molar-refractivity contribution in [3.63, 3.8) is 0 Å². The molecule has 3 heterocycles. The van der Waals surface area contributed by atoms with Crippen LogP contribution in [0.2, 0.25) is 0 Å². The minimum Gasteiger partial charge on any atom is -0.381 e. The summed E-state index contributed by atoms with van der Waals surface area (Å²) in [6.07, 6.45) is 6.47. The van der Waals surface area contributed by atoms with Gasteiger partial charge in [0.25, 0.3) is 0 Å². The Kier molecular flexibility index (Phi) is 2.44. The lowest BCUT2D eigenvalue weighted by Crippen LogP contribution is -2.25. The average Bonchev–Trinajstić information content (AvgIpc) is 2.75. The summed E-state index contributed by atoms with van der Waals surface area (Å²) in [6, 6.07) is 0.537. The van der Waals surface area contributed by atoms with Crippen LogP contribution >= 0.6 is 0 Å². The minimum atomic E-state index is 0.537. The molecule has 0 unspecified atom stereocenters. The fourth-order valence-corrected chi connectivity index (χ4v) is 2.75. The van der Waals surface area contributed by atoms with E-state index in [0.29, 0.717) is 6.04 Å². The van der Waals surface area contributed by atoms with E-state index in [1.807, 2.05) is 12.4 Å². The second-order valence-electron chi connectivity index (χ2n) is 4.64. The van der Waals surface area contributed by atoms with Crippen molar-refractivity contribution in [1.82, 2.24) is 9.88 Å². The van der Waals surface area contributed by atoms with Gasteiger partial charge in [0.05, 0.1) is 17.6 Å². The van der Waals surface area contributed by atoms with Gasteiger partial charge in [0, 0.05) is 30.9 Å². The summed E-state index contributed by atoms with van der Waals surface area (Å²) >= 11 is 0. The highest BCUT2D eigenvalue weighted by Gasteiger charge is 2.26. The summed E-state index contributed by atoms with van der Waals surface area (Å²) in [4.78, 5) is 6.77. The smallest absolute Gasteiger partial charge is 0.0766 e. The summed E-state index contributed by atoms with van der Waals surface area (Å²) in [6.45, 7) is 3.18. The first-order valence-corrected chi connectivity index (χ1v) is 6.02. The van der Waals surface area contributed by atoms with Gasteiger partial charge >= 0.3 is 0 Å². The zero-order chi connectivity index (χ0) is 11.0. The number of fused-ring (bicyclic) bond motifs is 1. The standard InChI is InChI=1S/C12H18N4/c1-16-6-2-3-11(16)9-7-13-8-10-12(9)15-5-4-14-10/h7-8,11,14-15H,2-6H2,1H3/t11-/m0/s1. The topological polar surface area (TPSA) is 40.2 Å². The first-order valence-electron chi connectivity index (χ1n) is 6.02. The Labute approximate surface area is 96.1 Å². The number of pyridine rings is 1. The number of nitrogens with zero attached hydrogens (tertiary/aromatic N) is 2. The molecule has 1 fully saturated rings. The van der Waals surface area contributed by atoms with Gasteiger partial charge in [-0.15, -0.1) is 0 Å². The molecular formula is C12H18N4. The molecular weight excluding hydrogens is 200 g/mol. The molecule has 0 bridgehead atoms. The zero-order valence-corrected chi connectivity index (χ0v) is 9.66. The molecule has 16 heavy (non-hydrogen) atoms. The van der Waals surface area contributed by atoms with E-state index in [2.05, 4.69) is 27.6 Å². The molecule has 2 N–H and O–H groups in total. The van der Waals surface area contributed by atoms with Crippen LogP contribution in [0.1, 0.15) is 24.4 Å². The molecule has 0 aliphatic carbocycles. The fourth-order valence-electron chi connectivity index (χ4n) is 2.75. The second-order valence-corrected chi connectivity index (χ2v) is 4.64. The summed E-state index contributed by atoms with van der Waals surface area (Å²) < 4.78 is 0. The lowest BCUT2D eigenvalue weighted by Gasteiger charge is -2.27. The van der Waals surface area contributed by atoms with Crippen LogP contribution in [0.4, 0.5) is 11.4 Å². The SMILES string of the molecule is CN1CCC[C@H]1c1cncc2c1NCCN2. The van der Waals surface area contributed by atoms with Crippen molar-refractivity contribution < 1.29 is 0 Å². The van der Waals surface area contributed by atoms with E-state index in [0.717, 1.165) is 18.8 Å². The molecule has 0 saturated carbocycles. The number of rotatable bonds is 1. The quantitative estimate of drug-likeness (QED) is 0.752. The minimum absolute atomic E-state index is 0.537. The van der Waals surface area contributed by atoms with Crippen molar-refractivity contribution in [2.24, 2.45) is 0 Å². The van der Waals surface area contributed by atoms with Crippen LogP contribution in [-0.2, 0) is 0 Å². The molecule has 1 atom stereocenters. The number of hydrogen-bond donors (Lipinski definition) is 2. The van der Waals surface area contributed by atoms with E-state index < -0.39 is 0 Å². The van der Waals surface area contributed by atoms with Gasteiger partial charge in [0.15, 0.2) is 0 Å². The Morgan fingerprint density at radius 1 is 1.31 bits per heavy atom. The van der Waals surface area contributed by atoms with Gasteiger partial charge in [-0.05, 0) is 26.4 Å². The van der Waals surface area contributed by atoms with Gasteiger partial charge in [0.1, 0.15) is 0 Å². The van der Waals surface area contributed by atoms with E-state index in [1.165, 1.54) is 30.6 Å². The molecule has 86 valence electrons. The Hall–Kier alpha value is -1.29. The molecule has 1 aromatic rings. The van der Waals surface area contributed by atoms with Crippen LogP contribution in [0.5, 0.6) is 0 Å². The van der Waals surface area contributed by atoms with Crippen LogP contribution in [-0.4, -0.2) is 36.6 Å². The van der Waals surface area contributed by atoms with Crippen LogP contribution < -0.4 is 10.6 Å². The molecule has 3 rings (SSSR count). The predicted molar refractivity (Wildman–Crippen MR) is 65.8 cm³/mol. The fraction of sp³-hybridized carbons (Fsp3) is 0.583. The van der Waals surface area contributed by atoms with Gasteiger partial charge in [0.2, 0.25) is 0 Å². The average molecular weight is 218 g/mol. The van der Waals surface area contributed by atoms with E-state index in [9.17, 15) is 0 Å². The molecule has 4 nitrogen and oxygen atoms in total. The maximum atomic E-state index is 4.35. The van der Waals surface area contributed by atoms with Crippen LogP contribution in [0.15, 0.2) is 12.4 Å². The van der Waals surface area contributed by atoms with Crippen molar-refractivity contribution in [1.29, 1.82) is 0 Å². The first kappa shape index (κ1) is 9.90. The molecule has 0 amide bonds. The molecule has 2 aliphatic rings. The highest BCUT2D eigenvalue weighted by Crippen LogP contribution is 2.38. The van der Waals surface area contributed by atoms with Gasteiger partial charge in [-0.25, -0.2) is 0 Å². The number of nitrogens with one attached hydrogen (secondary N) is 2. The van der Waals surface area contributed by atoms with Crippen LogP contribution in [0, 0.1) is 0 Å². The molecule has 0 aromatic carbocycles. The van der Waals surface area contributed by atoms with Gasteiger partial charge in [-0.2, -0.15) is 0 Å². The Balaban J connectivity index is 2.00. The number of likely N-dealkylation sites (tertiary alicyclic amines) is 1.